The van der Waals surface area contributed by atoms with Crippen molar-refractivity contribution in [3.63, 3.8) is 0 Å². The third kappa shape index (κ3) is 2.58. The fourth-order valence-electron chi connectivity index (χ4n) is 2.35. The van der Waals surface area contributed by atoms with E-state index in [1.54, 1.807) is 0 Å². The van der Waals surface area contributed by atoms with Crippen LogP contribution in [-0.4, -0.2) is 35.7 Å². The van der Waals surface area contributed by atoms with Gasteiger partial charge in [0, 0.05) is 18.5 Å². The van der Waals surface area contributed by atoms with E-state index in [1.807, 2.05) is 24.3 Å². The third-order valence-corrected chi connectivity index (χ3v) is 3.41. The summed E-state index contributed by atoms with van der Waals surface area (Å²) in [6.45, 7) is 2.66. The molecule has 0 saturated carbocycles. The van der Waals surface area contributed by atoms with Gasteiger partial charge in [-0.2, -0.15) is 5.26 Å². The first kappa shape index (κ1) is 12.1. The molecule has 2 aromatic rings. The molecule has 1 aromatic heterocycles. The Labute approximate surface area is 112 Å². The molecule has 1 aliphatic heterocycles. The quantitative estimate of drug-likeness (QED) is 0.821. The molecule has 0 amide bonds. The molecule has 0 unspecified atom stereocenters. The Morgan fingerprint density at radius 1 is 1.32 bits per heavy atom. The van der Waals surface area contributed by atoms with Gasteiger partial charge >= 0.3 is 0 Å². The van der Waals surface area contributed by atoms with Gasteiger partial charge in [0.05, 0.1) is 30.5 Å². The number of pyridine rings is 1. The number of hydrogen-bond acceptors (Lipinski definition) is 4. The van der Waals surface area contributed by atoms with Gasteiger partial charge in [0.15, 0.2) is 0 Å². The third-order valence-electron chi connectivity index (χ3n) is 3.41. The number of rotatable bonds is 2. The molecule has 4 heteroatoms. The molecule has 1 aromatic carbocycles. The second-order valence-electron chi connectivity index (χ2n) is 4.69. The molecule has 1 fully saturated rings. The molecule has 1 saturated heterocycles. The smallest absolute Gasteiger partial charge is 0.122 e. The van der Waals surface area contributed by atoms with Crippen molar-refractivity contribution in [2.24, 2.45) is 0 Å². The highest BCUT2D eigenvalue weighted by Crippen LogP contribution is 2.15. The molecule has 0 radical (unpaired) electrons. The van der Waals surface area contributed by atoms with E-state index >= 15 is 0 Å². The van der Waals surface area contributed by atoms with Crippen molar-refractivity contribution in [1.82, 2.24) is 9.88 Å². The molecule has 19 heavy (non-hydrogen) atoms. The zero-order valence-electron chi connectivity index (χ0n) is 10.6. The lowest BCUT2D eigenvalue weighted by Gasteiger charge is -2.30. The number of para-hydroxylation sites is 1. The normalized spacial score (nSPS) is 20.3. The predicted octanol–water partition coefficient (Wildman–Crippen LogP) is 1.96. The van der Waals surface area contributed by atoms with Crippen molar-refractivity contribution < 1.29 is 4.74 Å². The van der Waals surface area contributed by atoms with Gasteiger partial charge < -0.3 is 4.74 Å². The highest BCUT2D eigenvalue weighted by molar-refractivity contribution is 5.78. The lowest BCUT2D eigenvalue weighted by Crippen LogP contribution is -2.44. The van der Waals surface area contributed by atoms with E-state index in [9.17, 15) is 0 Å². The van der Waals surface area contributed by atoms with E-state index in [1.165, 1.54) is 0 Å². The summed E-state index contributed by atoms with van der Waals surface area (Å²) in [5, 5.41) is 10.3. The van der Waals surface area contributed by atoms with Crippen molar-refractivity contribution in [3.05, 3.63) is 42.1 Å². The molecule has 96 valence electrons. The number of benzene rings is 1. The Hall–Kier alpha value is -1.96. The lowest BCUT2D eigenvalue weighted by atomic mass is 10.2. The summed E-state index contributed by atoms with van der Waals surface area (Å²) >= 11 is 0. The van der Waals surface area contributed by atoms with Crippen molar-refractivity contribution in [1.29, 1.82) is 5.26 Å². The van der Waals surface area contributed by atoms with Crippen LogP contribution in [0.5, 0.6) is 0 Å². The van der Waals surface area contributed by atoms with Gasteiger partial charge in [-0.15, -0.1) is 0 Å². The number of aromatic nitrogens is 1. The number of ether oxygens (including phenoxy) is 1. The van der Waals surface area contributed by atoms with Crippen LogP contribution < -0.4 is 0 Å². The average Bonchev–Trinajstić information content (AvgIpc) is 2.48. The van der Waals surface area contributed by atoms with Crippen molar-refractivity contribution in [2.75, 3.05) is 19.8 Å². The standard InChI is InChI=1S/C15H15N3O/c16-9-14-11-19-8-7-18(14)10-13-6-5-12-3-1-2-4-15(12)17-13/h1-6,14H,7-8,10-11H2/t14-/m0/s1. The minimum absolute atomic E-state index is 0.165. The van der Waals surface area contributed by atoms with Crippen LogP contribution in [0.1, 0.15) is 5.69 Å². The first-order valence-electron chi connectivity index (χ1n) is 6.43. The molecule has 0 aliphatic carbocycles. The molecular weight excluding hydrogens is 238 g/mol. The fraction of sp³-hybridized carbons (Fsp3) is 0.333. The molecule has 2 heterocycles. The van der Waals surface area contributed by atoms with E-state index in [-0.39, 0.29) is 6.04 Å². The summed E-state index contributed by atoms with van der Waals surface area (Å²) in [6, 6.07) is 14.3. The Morgan fingerprint density at radius 3 is 3.11 bits per heavy atom. The summed E-state index contributed by atoms with van der Waals surface area (Å²) in [7, 11) is 0. The second kappa shape index (κ2) is 5.35. The summed E-state index contributed by atoms with van der Waals surface area (Å²) in [5.41, 5.74) is 2.00. The monoisotopic (exact) mass is 253 g/mol. The molecule has 0 N–H and O–H groups in total. The summed E-state index contributed by atoms with van der Waals surface area (Å²) in [5.74, 6) is 0. The van der Waals surface area contributed by atoms with Gasteiger partial charge in [0.25, 0.3) is 0 Å². The van der Waals surface area contributed by atoms with Gasteiger partial charge in [-0.1, -0.05) is 24.3 Å². The van der Waals surface area contributed by atoms with E-state index in [0.717, 1.165) is 23.1 Å². The number of nitrogens with zero attached hydrogens (tertiary/aromatic N) is 3. The molecule has 0 spiro atoms. The van der Waals surface area contributed by atoms with E-state index in [2.05, 4.69) is 28.1 Å². The topological polar surface area (TPSA) is 49.1 Å². The Balaban J connectivity index is 1.82. The van der Waals surface area contributed by atoms with Crippen molar-refractivity contribution in [2.45, 2.75) is 12.6 Å². The predicted molar refractivity (Wildman–Crippen MR) is 72.4 cm³/mol. The Bertz CT molecular complexity index is 620. The van der Waals surface area contributed by atoms with Crippen LogP contribution >= 0.6 is 0 Å². The number of nitriles is 1. The Morgan fingerprint density at radius 2 is 2.21 bits per heavy atom. The van der Waals surface area contributed by atoms with E-state index in [4.69, 9.17) is 10.00 Å². The largest absolute Gasteiger partial charge is 0.377 e. The Kier molecular flexibility index (Phi) is 3.41. The minimum Gasteiger partial charge on any atom is -0.377 e. The SMILES string of the molecule is N#C[C@H]1COCCN1Cc1ccc2ccccc2n1. The first-order chi connectivity index (χ1) is 9.36. The number of hydrogen-bond donors (Lipinski definition) is 0. The zero-order valence-corrected chi connectivity index (χ0v) is 10.6. The zero-order chi connectivity index (χ0) is 13.1. The van der Waals surface area contributed by atoms with Gasteiger partial charge in [-0.25, -0.2) is 0 Å². The van der Waals surface area contributed by atoms with Crippen LogP contribution in [-0.2, 0) is 11.3 Å². The maximum Gasteiger partial charge on any atom is 0.122 e. The van der Waals surface area contributed by atoms with Crippen LogP contribution in [0, 0.1) is 11.3 Å². The van der Waals surface area contributed by atoms with Gasteiger partial charge in [0.1, 0.15) is 6.04 Å². The summed E-state index contributed by atoms with van der Waals surface area (Å²) in [6.07, 6.45) is 0. The van der Waals surface area contributed by atoms with Crippen molar-refractivity contribution >= 4 is 10.9 Å². The second-order valence-corrected chi connectivity index (χ2v) is 4.69. The number of morpholine rings is 1. The van der Waals surface area contributed by atoms with Crippen LogP contribution in [0.4, 0.5) is 0 Å². The molecule has 3 rings (SSSR count). The molecule has 1 aliphatic rings. The first-order valence-corrected chi connectivity index (χ1v) is 6.43. The van der Waals surface area contributed by atoms with E-state index in [0.29, 0.717) is 19.8 Å². The van der Waals surface area contributed by atoms with Gasteiger partial charge in [-0.3, -0.25) is 9.88 Å². The molecule has 1 atom stereocenters. The van der Waals surface area contributed by atoms with Gasteiger partial charge in [-0.05, 0) is 12.1 Å². The van der Waals surface area contributed by atoms with Crippen molar-refractivity contribution in [3.8, 4) is 6.07 Å². The highest BCUT2D eigenvalue weighted by Gasteiger charge is 2.22. The van der Waals surface area contributed by atoms with Crippen LogP contribution in [0.2, 0.25) is 0 Å². The lowest BCUT2D eigenvalue weighted by molar-refractivity contribution is 0.00839. The van der Waals surface area contributed by atoms with Crippen LogP contribution in [0.15, 0.2) is 36.4 Å². The molecule has 4 nitrogen and oxygen atoms in total. The average molecular weight is 253 g/mol. The molecule has 0 bridgehead atoms. The highest BCUT2D eigenvalue weighted by atomic mass is 16.5. The number of fused-ring (bicyclic) bond motifs is 1. The summed E-state index contributed by atoms with van der Waals surface area (Å²) in [4.78, 5) is 6.77. The van der Waals surface area contributed by atoms with Crippen LogP contribution in [0.3, 0.4) is 0 Å². The summed E-state index contributed by atoms with van der Waals surface area (Å²) < 4.78 is 5.33. The van der Waals surface area contributed by atoms with E-state index < -0.39 is 0 Å². The van der Waals surface area contributed by atoms with Crippen LogP contribution in [0.25, 0.3) is 10.9 Å². The van der Waals surface area contributed by atoms with Gasteiger partial charge in [0.2, 0.25) is 0 Å². The fourth-order valence-corrected chi connectivity index (χ4v) is 2.35. The maximum atomic E-state index is 9.12. The molecular formula is C15H15N3O. The maximum absolute atomic E-state index is 9.12. The minimum atomic E-state index is -0.165.